The van der Waals surface area contributed by atoms with Gasteiger partial charge in [-0.25, -0.2) is 0 Å². The number of hydrogen-bond acceptors (Lipinski definition) is 6. The Balaban J connectivity index is 1.53. The molecule has 0 saturated carbocycles. The Morgan fingerprint density at radius 3 is 2.55 bits per heavy atom. The van der Waals surface area contributed by atoms with Gasteiger partial charge in [-0.1, -0.05) is 52.6 Å². The van der Waals surface area contributed by atoms with Crippen molar-refractivity contribution < 1.29 is 9.47 Å². The fourth-order valence-corrected chi connectivity index (χ4v) is 3.20. The lowest BCUT2D eigenvalue weighted by Gasteiger charge is -2.13. The van der Waals surface area contributed by atoms with E-state index in [1.807, 2.05) is 61.5 Å². The molecule has 4 rings (SSSR count). The van der Waals surface area contributed by atoms with Crippen LogP contribution in [0.1, 0.15) is 12.5 Å². The zero-order chi connectivity index (χ0) is 21.6. The Labute approximate surface area is 189 Å². The summed E-state index contributed by atoms with van der Waals surface area (Å²) in [5.74, 6) is 1.12. The molecule has 0 unspecified atom stereocenters. The van der Waals surface area contributed by atoms with Gasteiger partial charge in [0.15, 0.2) is 11.5 Å². The predicted octanol–water partition coefficient (Wildman–Crippen LogP) is 5.77. The van der Waals surface area contributed by atoms with Crippen molar-refractivity contribution in [1.29, 1.82) is 0 Å². The maximum Gasteiger partial charge on any atom is 0.346 e. The Morgan fingerprint density at radius 1 is 0.935 bits per heavy atom. The number of aromatic nitrogens is 4. The molecule has 3 aromatic carbocycles. The molecule has 0 amide bonds. The van der Waals surface area contributed by atoms with Gasteiger partial charge in [0.2, 0.25) is 0 Å². The Hall–Kier alpha value is -3.29. The summed E-state index contributed by atoms with van der Waals surface area (Å²) in [6.07, 6.45) is 0. The molecule has 0 bridgehead atoms. The van der Waals surface area contributed by atoms with E-state index >= 15 is 0 Å². The van der Waals surface area contributed by atoms with Crippen molar-refractivity contribution in [3.63, 3.8) is 0 Å². The minimum Gasteiger partial charge on any atom is -0.490 e. The van der Waals surface area contributed by atoms with Crippen LogP contribution in [0.3, 0.4) is 0 Å². The number of nitrogens with zero attached hydrogens (tertiary/aromatic N) is 4. The van der Waals surface area contributed by atoms with Gasteiger partial charge in [-0.3, -0.25) is 0 Å². The Kier molecular flexibility index (Phi) is 6.54. The Bertz CT molecular complexity index is 1170. The highest BCUT2D eigenvalue weighted by Crippen LogP contribution is 2.33. The molecule has 31 heavy (non-hydrogen) atoms. The molecule has 158 valence electrons. The lowest BCUT2D eigenvalue weighted by Crippen LogP contribution is -2.03. The van der Waals surface area contributed by atoms with E-state index in [1.54, 1.807) is 12.1 Å². The highest BCUT2D eigenvalue weighted by molar-refractivity contribution is 6.42. The topological polar surface area (TPSA) is 74.1 Å². The molecule has 9 heteroatoms. The number of halogens is 2. The van der Waals surface area contributed by atoms with Gasteiger partial charge in [0.25, 0.3) is 0 Å². The maximum atomic E-state index is 6.08. The Morgan fingerprint density at radius 2 is 1.77 bits per heavy atom. The van der Waals surface area contributed by atoms with Crippen LogP contribution in [-0.4, -0.2) is 26.8 Å². The summed E-state index contributed by atoms with van der Waals surface area (Å²) in [6, 6.07) is 20.9. The van der Waals surface area contributed by atoms with Crippen molar-refractivity contribution in [2.24, 2.45) is 0 Å². The zero-order valence-corrected chi connectivity index (χ0v) is 18.1. The van der Waals surface area contributed by atoms with Gasteiger partial charge in [0.05, 0.1) is 22.3 Å². The zero-order valence-electron chi connectivity index (χ0n) is 16.6. The van der Waals surface area contributed by atoms with Crippen LogP contribution in [-0.2, 0) is 6.54 Å². The third kappa shape index (κ3) is 5.07. The normalized spacial score (nSPS) is 10.7. The van der Waals surface area contributed by atoms with Gasteiger partial charge in [-0.05, 0) is 65.4 Å². The molecular weight excluding hydrogens is 437 g/mol. The molecule has 0 saturated heterocycles. The maximum absolute atomic E-state index is 6.08. The second-order valence-electron chi connectivity index (χ2n) is 6.51. The molecule has 1 N–H and O–H groups in total. The molecule has 4 aromatic rings. The molecule has 0 aliphatic heterocycles. The number of nitrogens with one attached hydrogen (secondary N) is 1. The molecule has 0 aliphatic rings. The van der Waals surface area contributed by atoms with Crippen LogP contribution in [0.25, 0.3) is 5.69 Å². The van der Waals surface area contributed by atoms with Gasteiger partial charge in [-0.15, -0.1) is 0 Å². The van der Waals surface area contributed by atoms with Crippen LogP contribution in [0.15, 0.2) is 66.7 Å². The van der Waals surface area contributed by atoms with E-state index in [0.29, 0.717) is 34.7 Å². The summed E-state index contributed by atoms with van der Waals surface area (Å²) in [6.45, 7) is 2.97. The number of para-hydroxylation sites is 1. The predicted molar refractivity (Wildman–Crippen MR) is 121 cm³/mol. The van der Waals surface area contributed by atoms with Crippen LogP contribution in [0, 0.1) is 0 Å². The number of ether oxygens (including phenoxy) is 2. The van der Waals surface area contributed by atoms with E-state index in [1.165, 1.54) is 4.68 Å². The molecule has 7 nitrogen and oxygen atoms in total. The molecule has 0 aliphatic carbocycles. The first-order valence-corrected chi connectivity index (χ1v) is 10.4. The SMILES string of the molecule is CCOc1cc(CNc2ccc(Cl)c(Cl)c2)ccc1Oc1nnnn1-c1ccccc1. The number of anilines is 1. The van der Waals surface area contributed by atoms with Crippen LogP contribution in [0.5, 0.6) is 17.5 Å². The molecular formula is C22H19Cl2N5O2. The second-order valence-corrected chi connectivity index (χ2v) is 7.32. The highest BCUT2D eigenvalue weighted by atomic mass is 35.5. The van der Waals surface area contributed by atoms with E-state index in [4.69, 9.17) is 32.7 Å². The lowest BCUT2D eigenvalue weighted by molar-refractivity contribution is 0.315. The number of hydrogen-bond donors (Lipinski definition) is 1. The third-order valence-electron chi connectivity index (χ3n) is 4.37. The molecule has 1 aromatic heterocycles. The number of rotatable bonds is 8. The van der Waals surface area contributed by atoms with E-state index in [2.05, 4.69) is 20.8 Å². The van der Waals surface area contributed by atoms with Crippen molar-refractivity contribution in [2.45, 2.75) is 13.5 Å². The van der Waals surface area contributed by atoms with Gasteiger partial charge in [-0.2, -0.15) is 4.68 Å². The van der Waals surface area contributed by atoms with Crippen molar-refractivity contribution in [2.75, 3.05) is 11.9 Å². The minimum atomic E-state index is 0.244. The molecule has 0 atom stereocenters. The average Bonchev–Trinajstić information content (AvgIpc) is 3.25. The van der Waals surface area contributed by atoms with Crippen molar-refractivity contribution in [3.8, 4) is 23.2 Å². The van der Waals surface area contributed by atoms with Crippen molar-refractivity contribution in [3.05, 3.63) is 82.3 Å². The summed E-state index contributed by atoms with van der Waals surface area (Å²) >= 11 is 12.1. The summed E-state index contributed by atoms with van der Waals surface area (Å²) in [5.41, 5.74) is 2.67. The summed E-state index contributed by atoms with van der Waals surface area (Å²) in [4.78, 5) is 0. The number of tetrazole rings is 1. The van der Waals surface area contributed by atoms with E-state index < -0.39 is 0 Å². The summed E-state index contributed by atoms with van der Waals surface area (Å²) in [5, 5.41) is 16.1. The van der Waals surface area contributed by atoms with Gasteiger partial charge in [0, 0.05) is 12.2 Å². The fraction of sp³-hybridized carbons (Fsp3) is 0.136. The first kappa shape index (κ1) is 21.0. The smallest absolute Gasteiger partial charge is 0.346 e. The van der Waals surface area contributed by atoms with Crippen LogP contribution < -0.4 is 14.8 Å². The van der Waals surface area contributed by atoms with E-state index in [0.717, 1.165) is 16.9 Å². The third-order valence-corrected chi connectivity index (χ3v) is 5.11. The standard InChI is InChI=1S/C22H19Cl2N5O2/c1-2-30-21-12-15(14-25-16-9-10-18(23)19(24)13-16)8-11-20(21)31-22-26-27-28-29(22)17-6-4-3-5-7-17/h3-13,25H,2,14H2,1H3. The van der Waals surface area contributed by atoms with Crippen molar-refractivity contribution >= 4 is 28.9 Å². The highest BCUT2D eigenvalue weighted by Gasteiger charge is 2.14. The van der Waals surface area contributed by atoms with E-state index in [-0.39, 0.29) is 6.01 Å². The number of benzene rings is 3. The molecule has 0 radical (unpaired) electrons. The summed E-state index contributed by atoms with van der Waals surface area (Å²) in [7, 11) is 0. The fourth-order valence-electron chi connectivity index (χ4n) is 2.90. The monoisotopic (exact) mass is 455 g/mol. The quantitative estimate of drug-likeness (QED) is 0.363. The second kappa shape index (κ2) is 9.68. The molecule has 0 fully saturated rings. The van der Waals surface area contributed by atoms with Gasteiger partial charge in [0.1, 0.15) is 0 Å². The van der Waals surface area contributed by atoms with Crippen LogP contribution in [0.2, 0.25) is 10.0 Å². The molecule has 1 heterocycles. The van der Waals surface area contributed by atoms with E-state index in [9.17, 15) is 0 Å². The van der Waals surface area contributed by atoms with Crippen LogP contribution >= 0.6 is 23.2 Å². The van der Waals surface area contributed by atoms with Gasteiger partial charge < -0.3 is 14.8 Å². The first-order valence-electron chi connectivity index (χ1n) is 9.60. The van der Waals surface area contributed by atoms with Crippen molar-refractivity contribution in [1.82, 2.24) is 20.2 Å². The largest absolute Gasteiger partial charge is 0.490 e. The lowest BCUT2D eigenvalue weighted by atomic mass is 10.2. The minimum absolute atomic E-state index is 0.244. The molecule has 0 spiro atoms. The van der Waals surface area contributed by atoms with Gasteiger partial charge >= 0.3 is 6.01 Å². The summed E-state index contributed by atoms with van der Waals surface area (Å²) < 4.78 is 13.3. The first-order chi connectivity index (χ1) is 15.1. The average molecular weight is 456 g/mol. The van der Waals surface area contributed by atoms with Crippen LogP contribution in [0.4, 0.5) is 5.69 Å².